The lowest BCUT2D eigenvalue weighted by Gasteiger charge is -2.31. The maximum atomic E-state index is 13.7. The smallest absolute Gasteiger partial charge is 0.130 e. The SMILES string of the molecule is CCC(CC)(CNC(C)c1ccc(F)cc1F)SC. The number of hydrogen-bond donors (Lipinski definition) is 1. The van der Waals surface area contributed by atoms with Crippen LogP contribution in [0, 0.1) is 11.6 Å². The van der Waals surface area contributed by atoms with Crippen LogP contribution >= 0.6 is 11.8 Å². The molecule has 0 aliphatic heterocycles. The summed E-state index contributed by atoms with van der Waals surface area (Å²) in [5, 5.41) is 3.37. The van der Waals surface area contributed by atoms with E-state index in [4.69, 9.17) is 0 Å². The lowest BCUT2D eigenvalue weighted by molar-refractivity contribution is 0.448. The van der Waals surface area contributed by atoms with Gasteiger partial charge in [0.2, 0.25) is 0 Å². The summed E-state index contributed by atoms with van der Waals surface area (Å²) in [6, 6.07) is 3.64. The van der Waals surface area contributed by atoms with Crippen LogP contribution in [0.2, 0.25) is 0 Å². The molecule has 1 nitrogen and oxygen atoms in total. The molecule has 0 aromatic heterocycles. The molecular formula is C15H23F2NS. The van der Waals surface area contributed by atoms with Crippen molar-refractivity contribution in [1.29, 1.82) is 0 Å². The molecule has 1 rings (SSSR count). The summed E-state index contributed by atoms with van der Waals surface area (Å²) in [5.74, 6) is -1.02. The topological polar surface area (TPSA) is 12.0 Å². The van der Waals surface area contributed by atoms with Crippen LogP contribution in [0.1, 0.15) is 45.2 Å². The van der Waals surface area contributed by atoms with E-state index < -0.39 is 11.6 Å². The van der Waals surface area contributed by atoms with Crippen LogP contribution in [-0.2, 0) is 0 Å². The molecule has 1 aromatic carbocycles. The zero-order valence-corrected chi connectivity index (χ0v) is 12.9. The van der Waals surface area contributed by atoms with Crippen LogP contribution in [0.5, 0.6) is 0 Å². The molecule has 1 aromatic rings. The van der Waals surface area contributed by atoms with Gasteiger partial charge in [-0.05, 0) is 32.1 Å². The second-order valence-electron chi connectivity index (χ2n) is 4.86. The minimum absolute atomic E-state index is 0.120. The van der Waals surface area contributed by atoms with E-state index in [0.29, 0.717) is 5.56 Å². The maximum absolute atomic E-state index is 13.7. The second kappa shape index (κ2) is 7.25. The Labute approximate surface area is 119 Å². The fraction of sp³-hybridized carbons (Fsp3) is 0.600. The van der Waals surface area contributed by atoms with Crippen LogP contribution in [0.4, 0.5) is 8.78 Å². The van der Waals surface area contributed by atoms with Crippen molar-refractivity contribution in [3.63, 3.8) is 0 Å². The van der Waals surface area contributed by atoms with Crippen molar-refractivity contribution in [1.82, 2.24) is 5.32 Å². The first-order chi connectivity index (χ1) is 8.98. The van der Waals surface area contributed by atoms with Crippen LogP contribution in [0.25, 0.3) is 0 Å². The number of benzene rings is 1. The molecule has 0 saturated carbocycles. The fourth-order valence-electron chi connectivity index (χ4n) is 2.16. The van der Waals surface area contributed by atoms with Crippen molar-refractivity contribution in [2.75, 3.05) is 12.8 Å². The molecule has 0 amide bonds. The highest BCUT2D eigenvalue weighted by Crippen LogP contribution is 2.30. The normalized spacial score (nSPS) is 13.6. The van der Waals surface area contributed by atoms with E-state index in [2.05, 4.69) is 25.4 Å². The third-order valence-corrected chi connectivity index (χ3v) is 5.47. The van der Waals surface area contributed by atoms with E-state index in [0.717, 1.165) is 25.5 Å². The van der Waals surface area contributed by atoms with Crippen molar-refractivity contribution in [3.05, 3.63) is 35.4 Å². The molecule has 1 unspecified atom stereocenters. The Balaban J connectivity index is 2.72. The average Bonchev–Trinajstić information content (AvgIpc) is 2.40. The molecule has 0 radical (unpaired) electrons. The van der Waals surface area contributed by atoms with Crippen LogP contribution in [0.3, 0.4) is 0 Å². The predicted molar refractivity (Wildman–Crippen MR) is 79.6 cm³/mol. The van der Waals surface area contributed by atoms with Gasteiger partial charge in [0.1, 0.15) is 11.6 Å². The molecule has 4 heteroatoms. The van der Waals surface area contributed by atoms with Crippen LogP contribution in [-0.4, -0.2) is 17.5 Å². The first-order valence-electron chi connectivity index (χ1n) is 6.71. The van der Waals surface area contributed by atoms with E-state index in [1.165, 1.54) is 12.1 Å². The quantitative estimate of drug-likeness (QED) is 0.790. The van der Waals surface area contributed by atoms with Crippen molar-refractivity contribution in [3.8, 4) is 0 Å². The Morgan fingerprint density at radius 1 is 1.26 bits per heavy atom. The summed E-state index contributed by atoms with van der Waals surface area (Å²) >= 11 is 1.84. The fourth-order valence-corrected chi connectivity index (χ4v) is 2.97. The van der Waals surface area contributed by atoms with Gasteiger partial charge in [0.25, 0.3) is 0 Å². The summed E-state index contributed by atoms with van der Waals surface area (Å²) in [5.41, 5.74) is 0.517. The lowest BCUT2D eigenvalue weighted by atomic mass is 10.0. The molecule has 0 aliphatic rings. The summed E-state index contributed by atoms with van der Waals surface area (Å²) in [6.45, 7) is 7.07. The van der Waals surface area contributed by atoms with Gasteiger partial charge in [-0.25, -0.2) is 8.78 Å². The van der Waals surface area contributed by atoms with Crippen molar-refractivity contribution in [2.24, 2.45) is 0 Å². The highest BCUT2D eigenvalue weighted by molar-refractivity contribution is 8.00. The Morgan fingerprint density at radius 3 is 2.37 bits per heavy atom. The molecule has 0 bridgehead atoms. The van der Waals surface area contributed by atoms with Crippen molar-refractivity contribution in [2.45, 2.75) is 44.4 Å². The average molecular weight is 287 g/mol. The minimum atomic E-state index is -0.533. The van der Waals surface area contributed by atoms with E-state index in [9.17, 15) is 8.78 Å². The van der Waals surface area contributed by atoms with Gasteiger partial charge in [-0.15, -0.1) is 0 Å². The van der Waals surface area contributed by atoms with Gasteiger partial charge in [-0.3, -0.25) is 0 Å². The van der Waals surface area contributed by atoms with Gasteiger partial charge in [0, 0.05) is 29.0 Å². The number of rotatable bonds is 7. The van der Waals surface area contributed by atoms with E-state index in [-0.39, 0.29) is 10.8 Å². The Morgan fingerprint density at radius 2 is 1.89 bits per heavy atom. The second-order valence-corrected chi connectivity index (χ2v) is 6.14. The molecular weight excluding hydrogens is 264 g/mol. The summed E-state index contributed by atoms with van der Waals surface area (Å²) < 4.78 is 26.8. The largest absolute Gasteiger partial charge is 0.309 e. The van der Waals surface area contributed by atoms with Crippen LogP contribution in [0.15, 0.2) is 18.2 Å². The first-order valence-corrected chi connectivity index (χ1v) is 7.94. The van der Waals surface area contributed by atoms with Gasteiger partial charge in [0.05, 0.1) is 0 Å². The van der Waals surface area contributed by atoms with Crippen LogP contribution < -0.4 is 5.32 Å². The first kappa shape index (κ1) is 16.4. The lowest BCUT2D eigenvalue weighted by Crippen LogP contribution is -2.37. The van der Waals surface area contributed by atoms with E-state index in [1.54, 1.807) is 0 Å². The predicted octanol–water partition coefficient (Wildman–Crippen LogP) is 4.54. The van der Waals surface area contributed by atoms with E-state index in [1.807, 2.05) is 18.7 Å². The third kappa shape index (κ3) is 4.18. The monoisotopic (exact) mass is 287 g/mol. The highest BCUT2D eigenvalue weighted by atomic mass is 32.2. The standard InChI is InChI=1S/C15H23F2NS/c1-5-15(6-2,19-4)10-18-11(3)13-8-7-12(16)9-14(13)17/h7-9,11,18H,5-6,10H2,1-4H3. The van der Waals surface area contributed by atoms with Gasteiger partial charge < -0.3 is 5.32 Å². The zero-order chi connectivity index (χ0) is 14.5. The molecule has 0 heterocycles. The third-order valence-electron chi connectivity index (χ3n) is 3.88. The zero-order valence-electron chi connectivity index (χ0n) is 12.1. The molecule has 0 saturated heterocycles. The minimum Gasteiger partial charge on any atom is -0.309 e. The molecule has 0 fully saturated rings. The van der Waals surface area contributed by atoms with E-state index >= 15 is 0 Å². The number of halogens is 2. The van der Waals surface area contributed by atoms with Gasteiger partial charge in [0.15, 0.2) is 0 Å². The Bertz CT molecular complexity index is 397. The summed E-state index contributed by atoms with van der Waals surface area (Å²) in [6.07, 6.45) is 4.24. The van der Waals surface area contributed by atoms with Crippen molar-refractivity contribution < 1.29 is 8.78 Å². The maximum Gasteiger partial charge on any atom is 0.130 e. The van der Waals surface area contributed by atoms with Gasteiger partial charge in [-0.1, -0.05) is 19.9 Å². The molecule has 0 spiro atoms. The Kier molecular flexibility index (Phi) is 6.27. The summed E-state index contributed by atoms with van der Waals surface area (Å²) in [4.78, 5) is 0. The number of hydrogen-bond acceptors (Lipinski definition) is 2. The molecule has 1 N–H and O–H groups in total. The molecule has 19 heavy (non-hydrogen) atoms. The Hall–Kier alpha value is -0.610. The molecule has 1 atom stereocenters. The highest BCUT2D eigenvalue weighted by Gasteiger charge is 2.25. The number of thioether (sulfide) groups is 1. The van der Waals surface area contributed by atoms with Crippen molar-refractivity contribution >= 4 is 11.8 Å². The number of nitrogens with one attached hydrogen (secondary N) is 1. The summed E-state index contributed by atoms with van der Waals surface area (Å²) in [7, 11) is 0. The molecule has 108 valence electrons. The molecule has 0 aliphatic carbocycles. The van der Waals surface area contributed by atoms with Gasteiger partial charge in [-0.2, -0.15) is 11.8 Å². The van der Waals surface area contributed by atoms with Gasteiger partial charge >= 0.3 is 0 Å².